The van der Waals surface area contributed by atoms with Crippen molar-refractivity contribution in [1.82, 2.24) is 20.0 Å². The van der Waals surface area contributed by atoms with Crippen LogP contribution in [0.4, 0.5) is 0 Å². The number of piperazine rings is 1. The van der Waals surface area contributed by atoms with E-state index in [2.05, 4.69) is 17.3 Å². The molecule has 1 aromatic carbocycles. The SMILES string of the molecule is CC1CNCCN1C(=O)c1cnn(-c2ccccc2)c1. The van der Waals surface area contributed by atoms with Gasteiger partial charge in [0.25, 0.3) is 5.91 Å². The van der Waals surface area contributed by atoms with Crippen LogP contribution in [0.25, 0.3) is 5.69 Å². The van der Waals surface area contributed by atoms with E-state index in [0.29, 0.717) is 5.56 Å². The van der Waals surface area contributed by atoms with E-state index in [0.717, 1.165) is 25.3 Å². The Bertz CT molecular complexity index is 593. The molecule has 1 aliphatic heterocycles. The van der Waals surface area contributed by atoms with Gasteiger partial charge in [-0.3, -0.25) is 4.79 Å². The minimum Gasteiger partial charge on any atom is -0.333 e. The van der Waals surface area contributed by atoms with Crippen LogP contribution < -0.4 is 5.32 Å². The van der Waals surface area contributed by atoms with E-state index < -0.39 is 0 Å². The topological polar surface area (TPSA) is 50.2 Å². The maximum absolute atomic E-state index is 12.5. The van der Waals surface area contributed by atoms with Crippen molar-refractivity contribution < 1.29 is 4.79 Å². The number of hydrogen-bond acceptors (Lipinski definition) is 3. The van der Waals surface area contributed by atoms with Gasteiger partial charge in [0.05, 0.1) is 17.4 Å². The van der Waals surface area contributed by atoms with Crippen molar-refractivity contribution in [3.8, 4) is 5.69 Å². The molecule has 5 nitrogen and oxygen atoms in total. The van der Waals surface area contributed by atoms with E-state index in [1.165, 1.54) is 0 Å². The van der Waals surface area contributed by atoms with Gasteiger partial charge in [0.1, 0.15) is 0 Å². The van der Waals surface area contributed by atoms with Gasteiger partial charge in [0.15, 0.2) is 0 Å². The summed E-state index contributed by atoms with van der Waals surface area (Å²) >= 11 is 0. The van der Waals surface area contributed by atoms with Crippen molar-refractivity contribution in [2.24, 2.45) is 0 Å². The molecular formula is C15H18N4O. The van der Waals surface area contributed by atoms with Crippen molar-refractivity contribution in [3.05, 3.63) is 48.3 Å². The second-order valence-corrected chi connectivity index (χ2v) is 5.06. The minimum absolute atomic E-state index is 0.0566. The van der Waals surface area contributed by atoms with Crippen molar-refractivity contribution in [3.63, 3.8) is 0 Å². The van der Waals surface area contributed by atoms with Gasteiger partial charge in [-0.25, -0.2) is 4.68 Å². The average Bonchev–Trinajstić information content (AvgIpc) is 2.98. The van der Waals surface area contributed by atoms with E-state index in [9.17, 15) is 4.79 Å². The van der Waals surface area contributed by atoms with Gasteiger partial charge in [-0.05, 0) is 19.1 Å². The summed E-state index contributed by atoms with van der Waals surface area (Å²) in [6.45, 7) is 4.50. The highest BCUT2D eigenvalue weighted by Crippen LogP contribution is 2.12. The molecular weight excluding hydrogens is 252 g/mol. The zero-order valence-electron chi connectivity index (χ0n) is 11.5. The highest BCUT2D eigenvalue weighted by atomic mass is 16.2. The van der Waals surface area contributed by atoms with Crippen LogP contribution in [0, 0.1) is 0 Å². The quantitative estimate of drug-likeness (QED) is 0.895. The van der Waals surface area contributed by atoms with E-state index in [1.54, 1.807) is 17.1 Å². The lowest BCUT2D eigenvalue weighted by molar-refractivity contribution is 0.0656. The summed E-state index contributed by atoms with van der Waals surface area (Å²) in [6, 6.07) is 10.0. The first-order valence-electron chi connectivity index (χ1n) is 6.87. The zero-order valence-corrected chi connectivity index (χ0v) is 11.5. The van der Waals surface area contributed by atoms with Crippen LogP contribution in [-0.2, 0) is 0 Å². The summed E-state index contributed by atoms with van der Waals surface area (Å²) in [6.07, 6.45) is 3.44. The number of aromatic nitrogens is 2. The normalized spacial score (nSPS) is 19.1. The summed E-state index contributed by atoms with van der Waals surface area (Å²) in [4.78, 5) is 14.4. The molecule has 104 valence electrons. The third-order valence-electron chi connectivity index (χ3n) is 3.61. The molecule has 2 aromatic rings. The van der Waals surface area contributed by atoms with Gasteiger partial charge in [-0.15, -0.1) is 0 Å². The number of nitrogens with one attached hydrogen (secondary N) is 1. The number of rotatable bonds is 2. The van der Waals surface area contributed by atoms with Crippen molar-refractivity contribution in [2.45, 2.75) is 13.0 Å². The molecule has 0 bridgehead atoms. The molecule has 1 amide bonds. The predicted molar refractivity (Wildman–Crippen MR) is 76.9 cm³/mol. The molecule has 1 atom stereocenters. The number of hydrogen-bond donors (Lipinski definition) is 1. The molecule has 1 N–H and O–H groups in total. The third-order valence-corrected chi connectivity index (χ3v) is 3.61. The van der Waals surface area contributed by atoms with Crippen LogP contribution in [0.5, 0.6) is 0 Å². The number of amides is 1. The summed E-state index contributed by atoms with van der Waals surface area (Å²) in [5, 5.41) is 7.57. The third kappa shape index (κ3) is 2.44. The molecule has 20 heavy (non-hydrogen) atoms. The molecule has 0 radical (unpaired) electrons. The van der Waals surface area contributed by atoms with Crippen LogP contribution >= 0.6 is 0 Å². The largest absolute Gasteiger partial charge is 0.333 e. The Labute approximate surface area is 118 Å². The smallest absolute Gasteiger partial charge is 0.257 e. The molecule has 3 rings (SSSR count). The maximum Gasteiger partial charge on any atom is 0.257 e. The lowest BCUT2D eigenvalue weighted by Crippen LogP contribution is -2.52. The van der Waals surface area contributed by atoms with Gasteiger partial charge in [-0.1, -0.05) is 18.2 Å². The van der Waals surface area contributed by atoms with Crippen molar-refractivity contribution in [1.29, 1.82) is 0 Å². The number of carbonyl (C=O) groups is 1. The predicted octanol–water partition coefficient (Wildman–Crippen LogP) is 1.31. The Morgan fingerprint density at radius 3 is 2.90 bits per heavy atom. The lowest BCUT2D eigenvalue weighted by atomic mass is 10.2. The van der Waals surface area contributed by atoms with E-state index in [-0.39, 0.29) is 11.9 Å². The van der Waals surface area contributed by atoms with E-state index in [1.807, 2.05) is 35.2 Å². The Morgan fingerprint density at radius 1 is 1.35 bits per heavy atom. The fraction of sp³-hybridized carbons (Fsp3) is 0.333. The van der Waals surface area contributed by atoms with Gasteiger partial charge in [0, 0.05) is 31.9 Å². The number of para-hydroxylation sites is 1. The Balaban J connectivity index is 1.81. The van der Waals surface area contributed by atoms with Gasteiger partial charge >= 0.3 is 0 Å². The average molecular weight is 270 g/mol. The molecule has 5 heteroatoms. The summed E-state index contributed by atoms with van der Waals surface area (Å²) in [5.74, 6) is 0.0566. The second-order valence-electron chi connectivity index (χ2n) is 5.06. The van der Waals surface area contributed by atoms with Crippen LogP contribution in [0.1, 0.15) is 17.3 Å². The Morgan fingerprint density at radius 2 is 2.15 bits per heavy atom. The fourth-order valence-electron chi connectivity index (χ4n) is 2.46. The van der Waals surface area contributed by atoms with E-state index >= 15 is 0 Å². The lowest BCUT2D eigenvalue weighted by Gasteiger charge is -2.33. The number of benzene rings is 1. The summed E-state index contributed by atoms with van der Waals surface area (Å²) < 4.78 is 1.74. The molecule has 1 fully saturated rings. The Hall–Kier alpha value is -2.14. The zero-order chi connectivity index (χ0) is 13.9. The molecule has 1 saturated heterocycles. The van der Waals surface area contributed by atoms with Gasteiger partial charge in [0.2, 0.25) is 0 Å². The molecule has 1 aromatic heterocycles. The summed E-state index contributed by atoms with van der Waals surface area (Å²) in [5.41, 5.74) is 1.60. The van der Waals surface area contributed by atoms with E-state index in [4.69, 9.17) is 0 Å². The van der Waals surface area contributed by atoms with Crippen LogP contribution in [0.2, 0.25) is 0 Å². The minimum atomic E-state index is 0.0566. The fourth-order valence-corrected chi connectivity index (χ4v) is 2.46. The first kappa shape index (κ1) is 12.9. The monoisotopic (exact) mass is 270 g/mol. The highest BCUT2D eigenvalue weighted by molar-refractivity contribution is 5.94. The van der Waals surface area contributed by atoms with Crippen molar-refractivity contribution in [2.75, 3.05) is 19.6 Å². The molecule has 1 aliphatic rings. The Kier molecular flexibility index (Phi) is 3.52. The number of carbonyl (C=O) groups excluding carboxylic acids is 1. The summed E-state index contributed by atoms with van der Waals surface area (Å²) in [7, 11) is 0. The van der Waals surface area contributed by atoms with Crippen LogP contribution in [0.3, 0.4) is 0 Å². The molecule has 2 heterocycles. The number of nitrogens with zero attached hydrogens (tertiary/aromatic N) is 3. The standard InChI is InChI=1S/C15H18N4O/c1-12-9-16-7-8-18(12)15(20)13-10-17-19(11-13)14-5-3-2-4-6-14/h2-6,10-12,16H,7-9H2,1H3. The van der Waals surface area contributed by atoms with Crippen LogP contribution in [-0.4, -0.2) is 46.3 Å². The van der Waals surface area contributed by atoms with Gasteiger partial charge < -0.3 is 10.2 Å². The molecule has 1 unspecified atom stereocenters. The second kappa shape index (κ2) is 5.46. The highest BCUT2D eigenvalue weighted by Gasteiger charge is 2.24. The first-order chi connectivity index (χ1) is 9.75. The maximum atomic E-state index is 12.5. The molecule has 0 saturated carbocycles. The molecule has 0 spiro atoms. The molecule has 0 aliphatic carbocycles. The first-order valence-corrected chi connectivity index (χ1v) is 6.87. The van der Waals surface area contributed by atoms with Gasteiger partial charge in [-0.2, -0.15) is 5.10 Å². The van der Waals surface area contributed by atoms with Crippen LogP contribution in [0.15, 0.2) is 42.7 Å². The van der Waals surface area contributed by atoms with Crippen molar-refractivity contribution >= 4 is 5.91 Å².